The summed E-state index contributed by atoms with van der Waals surface area (Å²) in [6, 6.07) is 0. The first-order chi connectivity index (χ1) is 4.21. The fourth-order valence-electron chi connectivity index (χ4n) is 0.994. The molecule has 0 amide bonds. The molecule has 68 valence electrons. The number of hydrogen-bond acceptors (Lipinski definition) is 1. The second kappa shape index (κ2) is 2.23. The monoisotopic (exact) mass is 193 g/mol. The third kappa shape index (κ3) is 1.10. The minimum atomic E-state index is -4.04. The topological polar surface area (TPSA) is 26.0 Å². The first-order valence-corrected chi connectivity index (χ1v) is 2.75. The van der Waals surface area contributed by atoms with Crippen molar-refractivity contribution in [3.63, 3.8) is 0 Å². The highest BCUT2D eigenvalue weighted by atomic mass is 35.5. The average Bonchev–Trinajstić information content (AvgIpc) is 1.61. The van der Waals surface area contributed by atoms with E-state index < -0.39 is 23.8 Å². The molecule has 1 nitrogen and oxygen atoms in total. The van der Waals surface area contributed by atoms with Gasteiger partial charge >= 0.3 is 11.8 Å². The largest absolute Gasteiger partial charge is 0.327 e. The Morgan fingerprint density at radius 3 is 1.55 bits per heavy atom. The number of halogens is 5. The Labute approximate surface area is 67.3 Å². The molecule has 1 aliphatic carbocycles. The summed E-state index contributed by atoms with van der Waals surface area (Å²) in [7, 11) is 0. The molecule has 0 aromatic heterocycles. The number of rotatable bonds is 0. The van der Waals surface area contributed by atoms with E-state index in [1.165, 1.54) is 0 Å². The molecular weight excluding hydrogens is 186 g/mol. The Balaban J connectivity index is 0.000001000. The molecule has 0 aromatic carbocycles. The molecule has 0 radical (unpaired) electrons. The second-order valence-electron chi connectivity index (χ2n) is 2.87. The summed E-state index contributed by atoms with van der Waals surface area (Å²) in [5.41, 5.74) is 2.81. The van der Waals surface area contributed by atoms with Crippen LogP contribution in [-0.4, -0.2) is 17.4 Å². The van der Waals surface area contributed by atoms with Crippen molar-refractivity contribution >= 4 is 12.4 Å². The molecule has 11 heavy (non-hydrogen) atoms. The van der Waals surface area contributed by atoms with E-state index in [1.54, 1.807) is 0 Å². The van der Waals surface area contributed by atoms with Gasteiger partial charge in [0.2, 0.25) is 0 Å². The van der Waals surface area contributed by atoms with E-state index in [-0.39, 0.29) is 12.4 Å². The molecule has 0 aromatic rings. The summed E-state index contributed by atoms with van der Waals surface area (Å²) in [5.74, 6) is -7.95. The van der Waals surface area contributed by atoms with E-state index >= 15 is 0 Å². The first-order valence-electron chi connectivity index (χ1n) is 2.75. The lowest BCUT2D eigenvalue weighted by Gasteiger charge is -2.49. The van der Waals surface area contributed by atoms with Gasteiger partial charge in [0.25, 0.3) is 0 Å². The van der Waals surface area contributed by atoms with Gasteiger partial charge in [-0.15, -0.1) is 12.4 Å². The van der Waals surface area contributed by atoms with Crippen LogP contribution in [0.5, 0.6) is 0 Å². The van der Waals surface area contributed by atoms with Crippen LogP contribution in [0, 0.1) is 0 Å². The predicted octanol–water partition coefficient (Wildman–Crippen LogP) is 1.80. The van der Waals surface area contributed by atoms with Gasteiger partial charge in [0, 0.05) is 6.42 Å². The minimum Gasteiger partial charge on any atom is -0.320 e. The molecule has 1 rings (SSSR count). The average molecular weight is 194 g/mol. The van der Waals surface area contributed by atoms with Crippen LogP contribution in [0.3, 0.4) is 0 Å². The molecule has 0 saturated heterocycles. The van der Waals surface area contributed by atoms with Gasteiger partial charge in [0.1, 0.15) is 0 Å². The maximum absolute atomic E-state index is 12.2. The lowest BCUT2D eigenvalue weighted by molar-refractivity contribution is -0.317. The molecule has 2 N–H and O–H groups in total. The highest BCUT2D eigenvalue weighted by Crippen LogP contribution is 2.56. The van der Waals surface area contributed by atoms with Crippen LogP contribution in [0.1, 0.15) is 13.3 Å². The molecule has 1 fully saturated rings. The zero-order valence-corrected chi connectivity index (χ0v) is 6.52. The van der Waals surface area contributed by atoms with Crippen molar-refractivity contribution < 1.29 is 17.6 Å². The van der Waals surface area contributed by atoms with E-state index in [0.717, 1.165) is 6.92 Å². The zero-order valence-electron chi connectivity index (χ0n) is 5.70. The number of nitrogens with two attached hydrogens (primary N) is 1. The van der Waals surface area contributed by atoms with Gasteiger partial charge < -0.3 is 5.73 Å². The van der Waals surface area contributed by atoms with Crippen LogP contribution in [-0.2, 0) is 0 Å². The predicted molar refractivity (Wildman–Crippen MR) is 34.4 cm³/mol. The summed E-state index contributed by atoms with van der Waals surface area (Å²) >= 11 is 0. The Kier molecular flexibility index (Phi) is 2.22. The summed E-state index contributed by atoms with van der Waals surface area (Å²) in [6.07, 6.45) is -0.938. The van der Waals surface area contributed by atoms with Crippen molar-refractivity contribution in [3.8, 4) is 0 Å². The van der Waals surface area contributed by atoms with Gasteiger partial charge in [-0.05, 0) is 6.92 Å². The molecule has 0 aliphatic heterocycles. The Morgan fingerprint density at radius 1 is 1.18 bits per heavy atom. The summed E-state index contributed by atoms with van der Waals surface area (Å²) in [6.45, 7) is 0.921. The van der Waals surface area contributed by atoms with Crippen molar-refractivity contribution in [1.29, 1.82) is 0 Å². The van der Waals surface area contributed by atoms with E-state index in [4.69, 9.17) is 5.73 Å². The van der Waals surface area contributed by atoms with Gasteiger partial charge in [-0.1, -0.05) is 0 Å². The molecule has 1 saturated carbocycles. The molecular formula is C5H8ClF4N. The Hall–Kier alpha value is -0.0300. The van der Waals surface area contributed by atoms with Gasteiger partial charge in [-0.2, -0.15) is 17.6 Å². The van der Waals surface area contributed by atoms with E-state index in [1.807, 2.05) is 0 Å². The first kappa shape index (κ1) is 11.0. The smallest absolute Gasteiger partial charge is 0.320 e. The lowest BCUT2D eigenvalue weighted by atomic mass is 9.71. The van der Waals surface area contributed by atoms with Crippen LogP contribution in [0.25, 0.3) is 0 Å². The van der Waals surface area contributed by atoms with E-state index in [0.29, 0.717) is 0 Å². The van der Waals surface area contributed by atoms with Crippen LogP contribution in [0.2, 0.25) is 0 Å². The molecule has 1 unspecified atom stereocenters. The lowest BCUT2D eigenvalue weighted by Crippen LogP contribution is -2.74. The Morgan fingerprint density at radius 2 is 1.55 bits per heavy atom. The minimum absolute atomic E-state index is 0. The Bertz CT molecular complexity index is 152. The quantitative estimate of drug-likeness (QED) is 0.584. The summed E-state index contributed by atoms with van der Waals surface area (Å²) < 4.78 is 48.4. The maximum atomic E-state index is 12.2. The fourth-order valence-corrected chi connectivity index (χ4v) is 0.994. The van der Waals surface area contributed by atoms with Crippen molar-refractivity contribution in [1.82, 2.24) is 0 Å². The molecule has 1 aliphatic rings. The second-order valence-corrected chi connectivity index (χ2v) is 2.87. The van der Waals surface area contributed by atoms with E-state index in [9.17, 15) is 17.6 Å². The molecule has 0 heterocycles. The summed E-state index contributed by atoms with van der Waals surface area (Å²) in [4.78, 5) is 0. The SMILES string of the molecule is CC1(N)CC(F)(F)C1(F)F.Cl. The number of alkyl halides is 4. The van der Waals surface area contributed by atoms with Gasteiger partial charge in [-0.25, -0.2) is 0 Å². The third-order valence-corrected chi connectivity index (χ3v) is 1.77. The van der Waals surface area contributed by atoms with Crippen molar-refractivity contribution in [3.05, 3.63) is 0 Å². The molecule has 0 spiro atoms. The van der Waals surface area contributed by atoms with Crippen molar-refractivity contribution in [2.45, 2.75) is 30.7 Å². The van der Waals surface area contributed by atoms with Crippen LogP contribution in [0.15, 0.2) is 0 Å². The standard InChI is InChI=1S/C5H7F4N.ClH/c1-3(10)2-4(6,7)5(3,8)9;/h2,10H2,1H3;1H. The van der Waals surface area contributed by atoms with E-state index in [2.05, 4.69) is 0 Å². The highest BCUT2D eigenvalue weighted by molar-refractivity contribution is 5.85. The van der Waals surface area contributed by atoms with Gasteiger partial charge in [0.05, 0.1) is 5.54 Å². The molecule has 0 bridgehead atoms. The van der Waals surface area contributed by atoms with Crippen LogP contribution < -0.4 is 5.73 Å². The maximum Gasteiger partial charge on any atom is 0.327 e. The molecule has 6 heteroatoms. The van der Waals surface area contributed by atoms with Crippen LogP contribution >= 0.6 is 12.4 Å². The molecule has 1 atom stereocenters. The normalized spacial score (nSPS) is 38.7. The highest BCUT2D eigenvalue weighted by Gasteiger charge is 2.76. The van der Waals surface area contributed by atoms with Crippen molar-refractivity contribution in [2.24, 2.45) is 5.73 Å². The van der Waals surface area contributed by atoms with Crippen LogP contribution in [0.4, 0.5) is 17.6 Å². The van der Waals surface area contributed by atoms with Gasteiger partial charge in [-0.3, -0.25) is 0 Å². The third-order valence-electron chi connectivity index (χ3n) is 1.77. The number of hydrogen-bond donors (Lipinski definition) is 1. The zero-order chi connectivity index (χ0) is 8.21. The van der Waals surface area contributed by atoms with Gasteiger partial charge in [0.15, 0.2) is 0 Å². The fraction of sp³-hybridized carbons (Fsp3) is 1.00. The van der Waals surface area contributed by atoms with Crippen molar-refractivity contribution in [2.75, 3.05) is 0 Å². The summed E-state index contributed by atoms with van der Waals surface area (Å²) in [5, 5.41) is 0.